The van der Waals surface area contributed by atoms with Crippen LogP contribution in [0.15, 0.2) is 29.3 Å². The van der Waals surface area contributed by atoms with Crippen LogP contribution < -0.4 is 16.0 Å². The van der Waals surface area contributed by atoms with E-state index < -0.39 is 12.7 Å². The highest BCUT2D eigenvalue weighted by atomic mass is 127. The highest BCUT2D eigenvalue weighted by Crippen LogP contribution is 2.22. The van der Waals surface area contributed by atoms with Gasteiger partial charge < -0.3 is 16.0 Å². The predicted molar refractivity (Wildman–Crippen MR) is 119 cm³/mol. The van der Waals surface area contributed by atoms with Crippen LogP contribution in [0.3, 0.4) is 0 Å². The molecule has 29 heavy (non-hydrogen) atoms. The lowest BCUT2D eigenvalue weighted by molar-refractivity contribution is -0.143. The van der Waals surface area contributed by atoms with Crippen LogP contribution in [0.2, 0.25) is 0 Å². The van der Waals surface area contributed by atoms with Crippen LogP contribution in [0.1, 0.15) is 22.3 Å². The Morgan fingerprint density at radius 1 is 1.31 bits per heavy atom. The molecule has 1 saturated heterocycles. The first-order valence-electron chi connectivity index (χ1n) is 9.35. The summed E-state index contributed by atoms with van der Waals surface area (Å²) in [5.41, 5.74) is 1.65. The maximum atomic E-state index is 12.5. The summed E-state index contributed by atoms with van der Waals surface area (Å²) in [5, 5.41) is 8.99. The number of hydrogen-bond donors (Lipinski definition) is 3. The number of aliphatic imine (C=N–C) groups is 1. The van der Waals surface area contributed by atoms with E-state index in [1.165, 1.54) is 4.90 Å². The van der Waals surface area contributed by atoms with Gasteiger partial charge in [-0.15, -0.1) is 24.0 Å². The van der Waals surface area contributed by atoms with E-state index in [1.807, 2.05) is 18.2 Å². The average molecular weight is 527 g/mol. The number of carbonyl (C=O) groups is 1. The first-order valence-corrected chi connectivity index (χ1v) is 9.35. The van der Waals surface area contributed by atoms with Crippen molar-refractivity contribution < 1.29 is 18.0 Å². The number of benzene rings is 1. The van der Waals surface area contributed by atoms with E-state index in [9.17, 15) is 18.0 Å². The molecule has 2 rings (SSSR count). The minimum absolute atomic E-state index is 0. The summed E-state index contributed by atoms with van der Waals surface area (Å²) in [5.74, 6) is 0.672. The number of carbonyl (C=O) groups excluding carboxylic acids is 1. The number of halogens is 4. The second kappa shape index (κ2) is 12.2. The van der Waals surface area contributed by atoms with Gasteiger partial charge in [0.2, 0.25) is 0 Å². The first-order chi connectivity index (χ1) is 13.3. The molecule has 6 nitrogen and oxygen atoms in total. The fourth-order valence-corrected chi connectivity index (χ4v) is 3.28. The molecule has 0 aromatic heterocycles. The standard InChI is InChI=1S/C19H28F3N5O.HI/c1-23-17(28)16-5-3-4-14(10-16)6-8-25-18(24-2)26-11-15-7-9-27(12-15)13-19(20,21)22;/h3-5,10,15H,6-9,11-13H2,1-2H3,(H,23,28)(H2,24,25,26);1H. The summed E-state index contributed by atoms with van der Waals surface area (Å²) in [6.07, 6.45) is -2.68. The van der Waals surface area contributed by atoms with E-state index in [-0.39, 0.29) is 35.8 Å². The zero-order chi connectivity index (χ0) is 20.6. The molecule has 0 saturated carbocycles. The van der Waals surface area contributed by atoms with Crippen LogP contribution in [0.4, 0.5) is 13.2 Å². The highest BCUT2D eigenvalue weighted by molar-refractivity contribution is 14.0. The van der Waals surface area contributed by atoms with Crippen molar-refractivity contribution in [2.45, 2.75) is 19.0 Å². The number of alkyl halides is 3. The van der Waals surface area contributed by atoms with Crippen LogP contribution in [-0.2, 0) is 6.42 Å². The summed E-state index contributed by atoms with van der Waals surface area (Å²) >= 11 is 0. The molecular weight excluding hydrogens is 498 g/mol. The zero-order valence-electron chi connectivity index (χ0n) is 16.7. The molecule has 0 radical (unpaired) electrons. The van der Waals surface area contributed by atoms with Crippen LogP contribution in [0, 0.1) is 5.92 Å². The number of hydrogen-bond acceptors (Lipinski definition) is 3. The highest BCUT2D eigenvalue weighted by Gasteiger charge is 2.34. The Hall–Kier alpha value is -1.56. The van der Waals surface area contributed by atoms with Crippen molar-refractivity contribution in [3.05, 3.63) is 35.4 Å². The van der Waals surface area contributed by atoms with Gasteiger partial charge in [0.25, 0.3) is 5.91 Å². The molecule has 1 amide bonds. The number of nitrogens with one attached hydrogen (secondary N) is 3. The fourth-order valence-electron chi connectivity index (χ4n) is 3.28. The van der Waals surface area contributed by atoms with E-state index in [1.54, 1.807) is 20.2 Å². The number of guanidine groups is 1. The minimum atomic E-state index is -4.14. The summed E-state index contributed by atoms with van der Waals surface area (Å²) in [7, 11) is 3.26. The van der Waals surface area contributed by atoms with E-state index in [4.69, 9.17) is 0 Å². The second-order valence-electron chi connectivity index (χ2n) is 6.91. The lowest BCUT2D eigenvalue weighted by Gasteiger charge is -2.18. The third-order valence-electron chi connectivity index (χ3n) is 4.68. The van der Waals surface area contributed by atoms with E-state index in [0.29, 0.717) is 44.1 Å². The molecule has 164 valence electrons. The number of nitrogens with zero attached hydrogens (tertiary/aromatic N) is 2. The minimum Gasteiger partial charge on any atom is -0.356 e. The molecule has 3 N–H and O–H groups in total. The van der Waals surface area contributed by atoms with Crippen molar-refractivity contribution in [1.29, 1.82) is 0 Å². The summed E-state index contributed by atoms with van der Waals surface area (Å²) in [4.78, 5) is 17.3. The predicted octanol–water partition coefficient (Wildman–Crippen LogP) is 2.26. The Labute approximate surface area is 186 Å². The molecule has 1 heterocycles. The van der Waals surface area contributed by atoms with Crippen LogP contribution in [0.25, 0.3) is 0 Å². The molecule has 0 aliphatic carbocycles. The molecule has 10 heteroatoms. The third kappa shape index (κ3) is 9.20. The molecule has 1 aromatic rings. The monoisotopic (exact) mass is 527 g/mol. The molecule has 1 aliphatic heterocycles. The molecule has 0 spiro atoms. The molecule has 1 unspecified atom stereocenters. The summed E-state index contributed by atoms with van der Waals surface area (Å²) in [6.45, 7) is 1.28. The van der Waals surface area contributed by atoms with E-state index >= 15 is 0 Å². The first kappa shape index (κ1) is 25.5. The van der Waals surface area contributed by atoms with Gasteiger partial charge in [0.15, 0.2) is 5.96 Å². The maximum Gasteiger partial charge on any atom is 0.401 e. The Morgan fingerprint density at radius 3 is 2.72 bits per heavy atom. The molecule has 1 atom stereocenters. The summed E-state index contributed by atoms with van der Waals surface area (Å²) < 4.78 is 37.4. The normalized spacial score (nSPS) is 17.6. The zero-order valence-corrected chi connectivity index (χ0v) is 19.0. The van der Waals surface area contributed by atoms with Gasteiger partial charge in [-0.05, 0) is 43.0 Å². The van der Waals surface area contributed by atoms with Gasteiger partial charge in [-0.25, -0.2) is 0 Å². The maximum absolute atomic E-state index is 12.5. The van der Waals surface area contributed by atoms with Crippen molar-refractivity contribution in [3.63, 3.8) is 0 Å². The molecule has 1 aromatic carbocycles. The van der Waals surface area contributed by atoms with Gasteiger partial charge in [0, 0.05) is 39.3 Å². The van der Waals surface area contributed by atoms with Crippen LogP contribution in [-0.4, -0.2) is 69.8 Å². The molecular formula is C19H29F3IN5O. The van der Waals surface area contributed by atoms with Gasteiger partial charge in [-0.3, -0.25) is 14.7 Å². The number of rotatable bonds is 7. The largest absolute Gasteiger partial charge is 0.401 e. The van der Waals surface area contributed by atoms with Crippen molar-refractivity contribution in [2.75, 3.05) is 46.8 Å². The Bertz CT molecular complexity index is 684. The number of amides is 1. The molecule has 1 aliphatic rings. The topological polar surface area (TPSA) is 68.8 Å². The number of likely N-dealkylation sites (tertiary alicyclic amines) is 1. The van der Waals surface area contributed by atoms with Gasteiger partial charge in [0.05, 0.1) is 6.54 Å². The Kier molecular flexibility index (Phi) is 10.7. The van der Waals surface area contributed by atoms with E-state index in [0.717, 1.165) is 12.0 Å². The molecule has 0 bridgehead atoms. The van der Waals surface area contributed by atoms with Crippen molar-refractivity contribution in [3.8, 4) is 0 Å². The second-order valence-corrected chi connectivity index (χ2v) is 6.91. The van der Waals surface area contributed by atoms with Crippen molar-refractivity contribution >= 4 is 35.8 Å². The van der Waals surface area contributed by atoms with Crippen LogP contribution >= 0.6 is 24.0 Å². The van der Waals surface area contributed by atoms with Gasteiger partial charge in [-0.1, -0.05) is 12.1 Å². The lowest BCUT2D eigenvalue weighted by Crippen LogP contribution is -2.41. The van der Waals surface area contributed by atoms with Gasteiger partial charge in [-0.2, -0.15) is 13.2 Å². The van der Waals surface area contributed by atoms with E-state index in [2.05, 4.69) is 20.9 Å². The van der Waals surface area contributed by atoms with Crippen LogP contribution in [0.5, 0.6) is 0 Å². The average Bonchev–Trinajstić information content (AvgIpc) is 3.09. The Morgan fingerprint density at radius 2 is 2.07 bits per heavy atom. The quantitative estimate of drug-likeness (QED) is 0.289. The SMILES string of the molecule is CN=C(NCCc1cccc(C(=O)NC)c1)NCC1CCN(CC(F)(F)F)C1.I. The lowest BCUT2D eigenvalue weighted by atomic mass is 10.1. The van der Waals surface area contributed by atoms with Gasteiger partial charge in [0.1, 0.15) is 0 Å². The van der Waals surface area contributed by atoms with Crippen molar-refractivity contribution in [2.24, 2.45) is 10.9 Å². The van der Waals surface area contributed by atoms with Crippen molar-refractivity contribution in [1.82, 2.24) is 20.9 Å². The summed E-state index contributed by atoms with van der Waals surface area (Å²) in [6, 6.07) is 7.42. The smallest absolute Gasteiger partial charge is 0.356 e. The molecule has 1 fully saturated rings. The van der Waals surface area contributed by atoms with Gasteiger partial charge >= 0.3 is 6.18 Å². The fraction of sp³-hybridized carbons (Fsp3) is 0.579. The Balaban J connectivity index is 0.00000420. The third-order valence-corrected chi connectivity index (χ3v) is 4.68.